The Kier molecular flexibility index (Phi) is 5.97. The summed E-state index contributed by atoms with van der Waals surface area (Å²) in [5.41, 5.74) is 5.14. The number of carbonyl (C=O) groups is 2. The van der Waals surface area contributed by atoms with E-state index in [0.717, 1.165) is 37.1 Å². The number of fused-ring (bicyclic) bond motifs is 3. The topological polar surface area (TPSA) is 83.1 Å². The molecule has 0 radical (unpaired) electrons. The quantitative estimate of drug-likeness (QED) is 0.723. The Balaban J connectivity index is 1.73. The summed E-state index contributed by atoms with van der Waals surface area (Å²) in [5, 5.41) is 3.90. The number of benzene rings is 1. The Morgan fingerprint density at radius 1 is 1.25 bits per heavy atom. The van der Waals surface area contributed by atoms with Gasteiger partial charge in [0.25, 0.3) is 5.91 Å². The summed E-state index contributed by atoms with van der Waals surface area (Å²) < 4.78 is 44.2. The van der Waals surface area contributed by atoms with Crippen LogP contribution in [0.15, 0.2) is 12.1 Å². The molecule has 2 unspecified atom stereocenters. The van der Waals surface area contributed by atoms with Crippen LogP contribution in [0.5, 0.6) is 5.75 Å². The zero-order valence-electron chi connectivity index (χ0n) is 18.2. The molecule has 2 atom stereocenters. The molecule has 1 amide bonds. The number of nitrogens with one attached hydrogen (secondary N) is 2. The summed E-state index contributed by atoms with van der Waals surface area (Å²) in [4.78, 5) is 30.1. The van der Waals surface area contributed by atoms with Gasteiger partial charge < -0.3 is 19.8 Å². The SMILES string of the molecule is CC(C)c1cc2c(cc1C1CCNCC1)N1C(C)C(=O)NN(OC(=O)C(F)(F)F)C1CO2. The molecule has 1 aromatic carbocycles. The van der Waals surface area contributed by atoms with E-state index in [1.54, 1.807) is 11.8 Å². The summed E-state index contributed by atoms with van der Waals surface area (Å²) in [6.07, 6.45) is -4.20. The van der Waals surface area contributed by atoms with Gasteiger partial charge in [0.15, 0.2) is 6.17 Å². The second-order valence-corrected chi connectivity index (χ2v) is 8.68. The van der Waals surface area contributed by atoms with Gasteiger partial charge in [-0.3, -0.25) is 10.2 Å². The van der Waals surface area contributed by atoms with Gasteiger partial charge in [-0.05, 0) is 73.1 Å². The summed E-state index contributed by atoms with van der Waals surface area (Å²) in [7, 11) is 0. The third-order valence-electron chi connectivity index (χ3n) is 6.25. The van der Waals surface area contributed by atoms with Crippen molar-refractivity contribution in [2.45, 2.75) is 63.8 Å². The first-order valence-electron chi connectivity index (χ1n) is 10.8. The van der Waals surface area contributed by atoms with Crippen molar-refractivity contribution in [2.24, 2.45) is 0 Å². The van der Waals surface area contributed by atoms with Crippen LogP contribution in [0, 0.1) is 0 Å². The fourth-order valence-corrected chi connectivity index (χ4v) is 4.58. The maximum absolute atomic E-state index is 12.8. The van der Waals surface area contributed by atoms with Crippen LogP contribution in [0.1, 0.15) is 56.6 Å². The average Bonchev–Trinajstić information content (AvgIpc) is 2.75. The molecule has 8 nitrogen and oxygen atoms in total. The summed E-state index contributed by atoms with van der Waals surface area (Å²) >= 11 is 0. The van der Waals surface area contributed by atoms with E-state index in [0.29, 0.717) is 22.5 Å². The van der Waals surface area contributed by atoms with Gasteiger partial charge in [-0.25, -0.2) is 4.79 Å². The van der Waals surface area contributed by atoms with E-state index in [2.05, 4.69) is 29.4 Å². The first-order valence-corrected chi connectivity index (χ1v) is 10.8. The van der Waals surface area contributed by atoms with E-state index in [-0.39, 0.29) is 12.5 Å². The maximum Gasteiger partial charge on any atom is 0.492 e. The number of hydrogen-bond acceptors (Lipinski definition) is 7. The van der Waals surface area contributed by atoms with Crippen LogP contribution in [0.2, 0.25) is 0 Å². The van der Waals surface area contributed by atoms with Gasteiger partial charge in [-0.15, -0.1) is 0 Å². The highest BCUT2D eigenvalue weighted by atomic mass is 19.4. The first-order chi connectivity index (χ1) is 15.1. The number of anilines is 1. The Labute approximate surface area is 183 Å². The van der Waals surface area contributed by atoms with Gasteiger partial charge in [0.05, 0.1) is 5.69 Å². The molecule has 0 saturated carbocycles. The number of piperidine rings is 1. The molecule has 2 fully saturated rings. The van der Waals surface area contributed by atoms with Gasteiger partial charge in [-0.2, -0.15) is 13.2 Å². The van der Waals surface area contributed by atoms with Crippen molar-refractivity contribution in [3.63, 3.8) is 0 Å². The van der Waals surface area contributed by atoms with Crippen LogP contribution in [-0.4, -0.2) is 55.1 Å². The molecule has 11 heteroatoms. The van der Waals surface area contributed by atoms with Crippen LogP contribution in [0.4, 0.5) is 18.9 Å². The third kappa shape index (κ3) is 4.11. The largest absolute Gasteiger partial charge is 0.492 e. The molecular formula is C21H27F3N4O4. The summed E-state index contributed by atoms with van der Waals surface area (Å²) in [6, 6.07) is 3.26. The molecule has 0 spiro atoms. The molecule has 0 aliphatic carbocycles. The number of carbonyl (C=O) groups excluding carboxylic acids is 2. The number of ether oxygens (including phenoxy) is 1. The minimum absolute atomic E-state index is 0.0903. The maximum atomic E-state index is 12.8. The molecule has 2 saturated heterocycles. The molecule has 0 bridgehead atoms. The number of hydrogen-bond donors (Lipinski definition) is 2. The van der Waals surface area contributed by atoms with E-state index >= 15 is 0 Å². The van der Waals surface area contributed by atoms with Crippen LogP contribution in [-0.2, 0) is 14.4 Å². The van der Waals surface area contributed by atoms with E-state index in [9.17, 15) is 22.8 Å². The fraction of sp³-hybridized carbons (Fsp3) is 0.619. The molecular weight excluding hydrogens is 429 g/mol. The van der Waals surface area contributed by atoms with Crippen LogP contribution in [0.25, 0.3) is 0 Å². The number of hydroxylamine groups is 1. The lowest BCUT2D eigenvalue weighted by Gasteiger charge is -2.48. The van der Waals surface area contributed by atoms with Gasteiger partial charge in [0, 0.05) is 0 Å². The molecule has 2 N–H and O–H groups in total. The van der Waals surface area contributed by atoms with Crippen LogP contribution < -0.4 is 20.4 Å². The summed E-state index contributed by atoms with van der Waals surface area (Å²) in [6.45, 7) is 7.58. The van der Waals surface area contributed by atoms with E-state index in [4.69, 9.17) is 4.74 Å². The smallest absolute Gasteiger partial charge is 0.488 e. The minimum atomic E-state index is -5.19. The van der Waals surface area contributed by atoms with E-state index < -0.39 is 30.3 Å². The van der Waals surface area contributed by atoms with Gasteiger partial charge in [0.1, 0.15) is 18.4 Å². The minimum Gasteiger partial charge on any atom is -0.488 e. The standard InChI is InChI=1S/C21H27F3N4O4/c1-11(2)14-9-17-16(8-15(14)13-4-6-25-7-5-13)27-12(3)19(29)26-28(18(27)10-31-17)32-20(30)21(22,23)24/h8-9,11-13,18,25H,4-7,10H2,1-3H3,(H,26,29). The predicted molar refractivity (Wildman–Crippen MR) is 109 cm³/mol. The van der Waals surface area contributed by atoms with Crippen molar-refractivity contribution in [3.05, 3.63) is 23.3 Å². The third-order valence-corrected chi connectivity index (χ3v) is 6.25. The Morgan fingerprint density at radius 3 is 2.56 bits per heavy atom. The number of rotatable bonds is 3. The molecule has 0 aromatic heterocycles. The van der Waals surface area contributed by atoms with Crippen molar-refractivity contribution < 1.29 is 32.3 Å². The zero-order chi connectivity index (χ0) is 23.2. The normalized spacial score (nSPS) is 24.5. The highest BCUT2D eigenvalue weighted by Crippen LogP contribution is 2.44. The lowest BCUT2D eigenvalue weighted by molar-refractivity contribution is -0.265. The fourth-order valence-electron chi connectivity index (χ4n) is 4.58. The van der Waals surface area contributed by atoms with Crippen LogP contribution in [0.3, 0.4) is 0 Å². The highest BCUT2D eigenvalue weighted by molar-refractivity contribution is 5.87. The summed E-state index contributed by atoms with van der Waals surface area (Å²) in [5.74, 6) is -1.86. The Hall–Kier alpha value is -2.53. The predicted octanol–water partition coefficient (Wildman–Crippen LogP) is 2.56. The highest BCUT2D eigenvalue weighted by Gasteiger charge is 2.49. The second-order valence-electron chi connectivity index (χ2n) is 8.68. The first kappa shape index (κ1) is 22.7. The van der Waals surface area contributed by atoms with Crippen molar-refractivity contribution in [1.29, 1.82) is 0 Å². The number of alkyl halides is 3. The molecule has 3 aliphatic rings. The molecule has 3 heterocycles. The molecule has 32 heavy (non-hydrogen) atoms. The lowest BCUT2D eigenvalue weighted by atomic mass is 9.83. The van der Waals surface area contributed by atoms with Crippen molar-refractivity contribution in [2.75, 3.05) is 24.6 Å². The van der Waals surface area contributed by atoms with Crippen molar-refractivity contribution >= 4 is 17.6 Å². The number of hydrazine groups is 1. The van der Waals surface area contributed by atoms with Gasteiger partial charge in [0.2, 0.25) is 0 Å². The number of nitrogens with zero attached hydrogens (tertiary/aromatic N) is 2. The lowest BCUT2D eigenvalue weighted by Crippen LogP contribution is -2.70. The van der Waals surface area contributed by atoms with E-state index in [1.807, 2.05) is 12.1 Å². The van der Waals surface area contributed by atoms with Gasteiger partial charge >= 0.3 is 12.1 Å². The zero-order valence-corrected chi connectivity index (χ0v) is 18.2. The van der Waals surface area contributed by atoms with Crippen molar-refractivity contribution in [1.82, 2.24) is 15.9 Å². The molecule has 176 valence electrons. The van der Waals surface area contributed by atoms with E-state index in [1.165, 1.54) is 0 Å². The number of amides is 1. The average molecular weight is 456 g/mol. The molecule has 1 aromatic rings. The Morgan fingerprint density at radius 2 is 1.94 bits per heavy atom. The molecule has 3 aliphatic heterocycles. The number of halogens is 3. The monoisotopic (exact) mass is 456 g/mol. The van der Waals surface area contributed by atoms with Crippen LogP contribution >= 0.6 is 0 Å². The van der Waals surface area contributed by atoms with Gasteiger partial charge in [-0.1, -0.05) is 13.8 Å². The second kappa shape index (κ2) is 8.43. The molecule has 4 rings (SSSR count). The van der Waals surface area contributed by atoms with Crippen molar-refractivity contribution in [3.8, 4) is 5.75 Å². The Bertz CT molecular complexity index is 902.